The highest BCUT2D eigenvalue weighted by Gasteiger charge is 2.51. The predicted octanol–water partition coefficient (Wildman–Crippen LogP) is 4.68. The van der Waals surface area contributed by atoms with Gasteiger partial charge in [-0.3, -0.25) is 0 Å². The summed E-state index contributed by atoms with van der Waals surface area (Å²) in [7, 11) is 0. The van der Waals surface area contributed by atoms with Gasteiger partial charge >= 0.3 is 0 Å². The van der Waals surface area contributed by atoms with E-state index in [1.165, 1.54) is 17.0 Å². The highest BCUT2D eigenvalue weighted by atomic mass is 32.1. The lowest BCUT2D eigenvalue weighted by Crippen LogP contribution is -2.63. The number of hydrogen-bond acceptors (Lipinski definition) is 5. The van der Waals surface area contributed by atoms with Crippen LogP contribution in [0.3, 0.4) is 0 Å². The summed E-state index contributed by atoms with van der Waals surface area (Å²) in [5.41, 5.74) is 3.83. The highest BCUT2D eigenvalue weighted by Crippen LogP contribution is 2.47. The van der Waals surface area contributed by atoms with Crippen LogP contribution in [0.4, 0.5) is 9.52 Å². The lowest BCUT2D eigenvalue weighted by molar-refractivity contribution is 0.188. The Labute approximate surface area is 173 Å². The van der Waals surface area contributed by atoms with Crippen molar-refractivity contribution in [1.82, 2.24) is 4.98 Å². The summed E-state index contributed by atoms with van der Waals surface area (Å²) < 4.78 is 13.4. The molecule has 1 N–H and O–H groups in total. The van der Waals surface area contributed by atoms with Crippen LogP contribution in [0.2, 0.25) is 0 Å². The van der Waals surface area contributed by atoms with E-state index in [0.717, 1.165) is 33.9 Å². The molecule has 2 aromatic carbocycles. The van der Waals surface area contributed by atoms with Gasteiger partial charge < -0.3 is 10.0 Å². The number of thiazole rings is 1. The third-order valence-electron chi connectivity index (χ3n) is 5.63. The molecule has 3 aromatic rings. The SMILES string of the molecule is CCc1sc(N2[C@H](C#N)[C@H](c3ccccc3-c3ccc(F)cc3)[C@H]2CO)nc1C. The molecule has 0 bridgehead atoms. The van der Waals surface area contributed by atoms with Crippen LogP contribution in [-0.2, 0) is 6.42 Å². The summed E-state index contributed by atoms with van der Waals surface area (Å²) in [6.45, 7) is 4.00. The summed E-state index contributed by atoms with van der Waals surface area (Å²) >= 11 is 1.59. The third kappa shape index (κ3) is 3.31. The fraction of sp³-hybridized carbons (Fsp3) is 0.304. The molecule has 0 radical (unpaired) electrons. The molecule has 1 aromatic heterocycles. The van der Waals surface area contributed by atoms with E-state index in [0.29, 0.717) is 0 Å². The van der Waals surface area contributed by atoms with E-state index in [1.54, 1.807) is 23.5 Å². The molecule has 4 rings (SSSR count). The molecule has 2 heterocycles. The van der Waals surface area contributed by atoms with Crippen molar-refractivity contribution in [2.24, 2.45) is 0 Å². The smallest absolute Gasteiger partial charge is 0.187 e. The van der Waals surface area contributed by atoms with Crippen molar-refractivity contribution in [3.05, 3.63) is 70.5 Å². The Morgan fingerprint density at radius 1 is 1.21 bits per heavy atom. The zero-order valence-corrected chi connectivity index (χ0v) is 17.2. The molecule has 0 aliphatic carbocycles. The molecular formula is C23H22FN3OS. The summed E-state index contributed by atoms with van der Waals surface area (Å²) in [6, 6.07) is 16.0. The molecule has 1 fully saturated rings. The molecule has 1 aliphatic heterocycles. The van der Waals surface area contributed by atoms with E-state index < -0.39 is 6.04 Å². The number of rotatable bonds is 5. The van der Waals surface area contributed by atoms with Gasteiger partial charge in [0.2, 0.25) is 0 Å². The highest BCUT2D eigenvalue weighted by molar-refractivity contribution is 7.15. The molecule has 4 nitrogen and oxygen atoms in total. The summed E-state index contributed by atoms with van der Waals surface area (Å²) in [4.78, 5) is 7.80. The monoisotopic (exact) mass is 407 g/mol. The fourth-order valence-corrected chi connectivity index (χ4v) is 5.27. The first-order valence-electron chi connectivity index (χ1n) is 9.69. The minimum absolute atomic E-state index is 0.0688. The number of hydrogen-bond donors (Lipinski definition) is 1. The van der Waals surface area contributed by atoms with E-state index >= 15 is 0 Å². The normalized spacial score (nSPS) is 20.9. The topological polar surface area (TPSA) is 60.2 Å². The van der Waals surface area contributed by atoms with E-state index in [1.807, 2.05) is 36.1 Å². The van der Waals surface area contributed by atoms with Crippen LogP contribution in [0.1, 0.15) is 29.0 Å². The number of anilines is 1. The number of aromatic nitrogens is 1. The molecule has 0 spiro atoms. The van der Waals surface area contributed by atoms with Crippen LogP contribution in [0, 0.1) is 24.1 Å². The second-order valence-corrected chi connectivity index (χ2v) is 8.27. The summed E-state index contributed by atoms with van der Waals surface area (Å²) in [6.07, 6.45) is 0.898. The van der Waals surface area contributed by atoms with Crippen molar-refractivity contribution in [3.63, 3.8) is 0 Å². The van der Waals surface area contributed by atoms with Crippen molar-refractivity contribution in [3.8, 4) is 17.2 Å². The van der Waals surface area contributed by atoms with Crippen molar-refractivity contribution >= 4 is 16.5 Å². The average molecular weight is 408 g/mol. The maximum Gasteiger partial charge on any atom is 0.187 e. The minimum Gasteiger partial charge on any atom is -0.394 e. The third-order valence-corrected chi connectivity index (χ3v) is 6.94. The summed E-state index contributed by atoms with van der Waals surface area (Å²) in [5.74, 6) is -0.435. The van der Waals surface area contributed by atoms with Gasteiger partial charge in [0.1, 0.15) is 11.9 Å². The minimum atomic E-state index is -0.413. The second-order valence-electron chi connectivity index (χ2n) is 7.21. The Morgan fingerprint density at radius 2 is 1.93 bits per heavy atom. The van der Waals surface area contributed by atoms with Crippen LogP contribution in [0.25, 0.3) is 11.1 Å². The molecule has 0 unspecified atom stereocenters. The molecule has 0 amide bonds. The second kappa shape index (κ2) is 7.94. The number of aliphatic hydroxyl groups is 1. The first-order chi connectivity index (χ1) is 14.1. The number of nitriles is 1. The first kappa shape index (κ1) is 19.6. The number of nitrogens with zero attached hydrogens (tertiary/aromatic N) is 3. The van der Waals surface area contributed by atoms with Crippen molar-refractivity contribution in [2.75, 3.05) is 11.5 Å². The zero-order chi connectivity index (χ0) is 20.5. The maximum absolute atomic E-state index is 13.4. The van der Waals surface area contributed by atoms with E-state index in [2.05, 4.69) is 18.0 Å². The van der Waals surface area contributed by atoms with Gasteiger partial charge in [0, 0.05) is 10.8 Å². The molecule has 29 heavy (non-hydrogen) atoms. The van der Waals surface area contributed by atoms with Gasteiger partial charge in [0.25, 0.3) is 0 Å². The largest absolute Gasteiger partial charge is 0.394 e. The van der Waals surface area contributed by atoms with Gasteiger partial charge in [-0.15, -0.1) is 11.3 Å². The van der Waals surface area contributed by atoms with Crippen molar-refractivity contribution in [2.45, 2.75) is 38.3 Å². The molecule has 0 saturated carbocycles. The predicted molar refractivity (Wildman–Crippen MR) is 114 cm³/mol. The van der Waals surface area contributed by atoms with E-state index in [4.69, 9.17) is 0 Å². The van der Waals surface area contributed by atoms with Gasteiger partial charge in [-0.1, -0.05) is 43.3 Å². The quantitative estimate of drug-likeness (QED) is 0.667. The standard InChI is InChI=1S/C23H22FN3OS/c1-3-21-14(2)26-23(29-21)27-19(12-25)22(20(27)13-28)18-7-5-4-6-17(18)15-8-10-16(24)11-9-15/h4-11,19-20,22,28H,3,13H2,1-2H3/t19-,20-,22+/m1/s1. The maximum atomic E-state index is 13.4. The Hall–Kier alpha value is -2.75. The Kier molecular flexibility index (Phi) is 5.35. The molecule has 6 heteroatoms. The molecule has 1 aliphatic rings. The van der Waals surface area contributed by atoms with Crippen molar-refractivity contribution in [1.29, 1.82) is 5.26 Å². The Bertz CT molecular complexity index is 1060. The molecular weight excluding hydrogens is 385 g/mol. The van der Waals surface area contributed by atoms with Crippen LogP contribution in [-0.4, -0.2) is 28.8 Å². The van der Waals surface area contributed by atoms with Crippen LogP contribution >= 0.6 is 11.3 Å². The van der Waals surface area contributed by atoms with E-state index in [9.17, 15) is 14.8 Å². The fourth-order valence-electron chi connectivity index (χ4n) is 4.17. The van der Waals surface area contributed by atoms with E-state index in [-0.39, 0.29) is 24.4 Å². The average Bonchev–Trinajstić information content (AvgIpc) is 3.09. The van der Waals surface area contributed by atoms with Crippen LogP contribution in [0.5, 0.6) is 0 Å². The summed E-state index contributed by atoms with van der Waals surface area (Å²) in [5, 5.41) is 20.9. The molecule has 3 atom stereocenters. The lowest BCUT2D eigenvalue weighted by Gasteiger charge is -2.52. The van der Waals surface area contributed by atoms with Gasteiger partial charge in [-0.2, -0.15) is 5.26 Å². The van der Waals surface area contributed by atoms with Gasteiger partial charge in [0.05, 0.1) is 24.4 Å². The lowest BCUT2D eigenvalue weighted by atomic mass is 9.74. The Balaban J connectivity index is 1.74. The van der Waals surface area contributed by atoms with Crippen LogP contribution < -0.4 is 4.90 Å². The zero-order valence-electron chi connectivity index (χ0n) is 16.3. The first-order valence-corrected chi connectivity index (χ1v) is 10.5. The molecule has 1 saturated heterocycles. The number of halogens is 1. The van der Waals surface area contributed by atoms with Gasteiger partial charge in [-0.05, 0) is 42.2 Å². The molecule has 148 valence electrons. The number of aryl methyl sites for hydroxylation is 2. The van der Waals surface area contributed by atoms with Crippen LogP contribution in [0.15, 0.2) is 48.5 Å². The van der Waals surface area contributed by atoms with Gasteiger partial charge in [0.15, 0.2) is 5.13 Å². The number of benzene rings is 2. The number of aliphatic hydroxyl groups excluding tert-OH is 1. The van der Waals surface area contributed by atoms with Gasteiger partial charge in [-0.25, -0.2) is 9.37 Å². The van der Waals surface area contributed by atoms with Crippen molar-refractivity contribution < 1.29 is 9.50 Å². The Morgan fingerprint density at radius 3 is 2.55 bits per heavy atom.